The molecule has 0 amide bonds. The zero-order chi connectivity index (χ0) is 10.7. The van der Waals surface area contributed by atoms with Gasteiger partial charge in [0.25, 0.3) is 0 Å². The summed E-state index contributed by atoms with van der Waals surface area (Å²) in [5.41, 5.74) is 0.418. The predicted octanol–water partition coefficient (Wildman–Crippen LogP) is 2.45. The van der Waals surface area contributed by atoms with Crippen LogP contribution in [0.3, 0.4) is 0 Å². The topological polar surface area (TPSA) is 51.0 Å². The minimum atomic E-state index is 0.418. The lowest BCUT2D eigenvalue weighted by molar-refractivity contribution is 0.178. The molecular weight excluding hydrogens is 214 g/mol. The first kappa shape index (κ1) is 10.7. The molecule has 1 aromatic heterocycles. The van der Waals surface area contributed by atoms with Crippen LogP contribution in [0, 0.1) is 5.41 Å². The van der Waals surface area contributed by atoms with Crippen LogP contribution in [0.15, 0.2) is 4.42 Å². The van der Waals surface area contributed by atoms with Crippen molar-refractivity contribution in [2.75, 3.05) is 17.7 Å². The van der Waals surface area contributed by atoms with Crippen molar-refractivity contribution in [3.8, 4) is 0 Å². The van der Waals surface area contributed by atoms with E-state index in [-0.39, 0.29) is 0 Å². The van der Waals surface area contributed by atoms with Gasteiger partial charge in [-0.3, -0.25) is 0 Å². The molecule has 0 unspecified atom stereocenters. The summed E-state index contributed by atoms with van der Waals surface area (Å²) in [6.07, 6.45) is 4.53. The van der Waals surface area contributed by atoms with Gasteiger partial charge in [0.15, 0.2) is 0 Å². The highest BCUT2D eigenvalue weighted by Crippen LogP contribution is 2.40. The number of alkyl halides is 1. The first-order valence-electron chi connectivity index (χ1n) is 5.34. The molecule has 0 atom stereocenters. The number of hydrogen-bond acceptors (Lipinski definition) is 4. The Morgan fingerprint density at radius 1 is 1.47 bits per heavy atom. The van der Waals surface area contributed by atoms with Crippen molar-refractivity contribution in [2.45, 2.75) is 32.6 Å². The van der Waals surface area contributed by atoms with Crippen LogP contribution < -0.4 is 5.32 Å². The molecule has 0 aromatic carbocycles. The third-order valence-corrected chi connectivity index (χ3v) is 3.19. The summed E-state index contributed by atoms with van der Waals surface area (Å²) in [6, 6.07) is 0.517. The van der Waals surface area contributed by atoms with E-state index in [1.165, 1.54) is 19.3 Å². The summed E-state index contributed by atoms with van der Waals surface area (Å²) in [7, 11) is 0. The lowest BCUT2D eigenvalue weighted by atomic mass is 9.70. The molecule has 1 saturated carbocycles. The van der Waals surface area contributed by atoms with Crippen molar-refractivity contribution in [2.24, 2.45) is 5.41 Å². The third kappa shape index (κ3) is 2.62. The summed E-state index contributed by atoms with van der Waals surface area (Å²) in [5, 5.41) is 11.0. The Morgan fingerprint density at radius 2 is 2.27 bits per heavy atom. The largest absolute Gasteiger partial charge is 0.408 e. The van der Waals surface area contributed by atoms with Crippen molar-refractivity contribution in [3.63, 3.8) is 0 Å². The van der Waals surface area contributed by atoms with Crippen LogP contribution in [-0.4, -0.2) is 22.6 Å². The van der Waals surface area contributed by atoms with Crippen LogP contribution in [0.4, 0.5) is 6.01 Å². The van der Waals surface area contributed by atoms with E-state index in [2.05, 4.69) is 22.4 Å². The van der Waals surface area contributed by atoms with Gasteiger partial charge >= 0.3 is 6.01 Å². The van der Waals surface area contributed by atoms with E-state index < -0.39 is 0 Å². The first-order chi connectivity index (χ1) is 7.22. The molecule has 15 heavy (non-hydrogen) atoms. The summed E-state index contributed by atoms with van der Waals surface area (Å²) < 4.78 is 5.37. The Balaban J connectivity index is 1.82. The first-order valence-corrected chi connectivity index (χ1v) is 5.88. The molecule has 0 saturated heterocycles. The Morgan fingerprint density at radius 3 is 2.87 bits per heavy atom. The summed E-state index contributed by atoms with van der Waals surface area (Å²) in [6.45, 7) is 3.19. The van der Waals surface area contributed by atoms with Crippen molar-refractivity contribution in [1.82, 2.24) is 10.2 Å². The van der Waals surface area contributed by atoms with Gasteiger partial charge < -0.3 is 9.73 Å². The zero-order valence-corrected chi connectivity index (χ0v) is 9.68. The second kappa shape index (κ2) is 4.39. The fourth-order valence-corrected chi connectivity index (χ4v) is 1.91. The summed E-state index contributed by atoms with van der Waals surface area (Å²) >= 11 is 5.58. The molecule has 2 rings (SSSR count). The Kier molecular flexibility index (Phi) is 3.14. The smallest absolute Gasteiger partial charge is 0.315 e. The van der Waals surface area contributed by atoms with Crippen molar-refractivity contribution in [1.29, 1.82) is 0 Å². The molecule has 1 aliphatic carbocycles. The van der Waals surface area contributed by atoms with E-state index in [1.54, 1.807) is 0 Å². The van der Waals surface area contributed by atoms with E-state index in [9.17, 15) is 0 Å². The molecule has 5 heteroatoms. The number of anilines is 1. The lowest BCUT2D eigenvalue weighted by Crippen LogP contribution is -2.33. The molecular formula is C10H16ClN3O. The molecule has 0 bridgehead atoms. The van der Waals surface area contributed by atoms with Crippen LogP contribution >= 0.6 is 11.6 Å². The molecule has 1 aromatic rings. The predicted molar refractivity (Wildman–Crippen MR) is 59.2 cm³/mol. The SMILES string of the molecule is CC1(CNc2nnc(CCCl)o2)CCC1. The summed E-state index contributed by atoms with van der Waals surface area (Å²) in [5.74, 6) is 1.12. The minimum absolute atomic E-state index is 0.418. The molecule has 4 nitrogen and oxygen atoms in total. The maximum atomic E-state index is 5.58. The van der Waals surface area contributed by atoms with Gasteiger partial charge in [0, 0.05) is 18.8 Å². The van der Waals surface area contributed by atoms with Crippen molar-refractivity contribution in [3.05, 3.63) is 5.89 Å². The Hall–Kier alpha value is -0.770. The number of rotatable bonds is 5. The normalized spacial score (nSPS) is 18.5. The molecule has 1 N–H and O–H groups in total. The maximum absolute atomic E-state index is 5.58. The van der Waals surface area contributed by atoms with Gasteiger partial charge in [0.1, 0.15) is 0 Å². The quantitative estimate of drug-likeness (QED) is 0.788. The van der Waals surface area contributed by atoms with Gasteiger partial charge in [-0.05, 0) is 18.3 Å². The minimum Gasteiger partial charge on any atom is -0.408 e. The van der Waals surface area contributed by atoms with E-state index in [4.69, 9.17) is 16.0 Å². The van der Waals surface area contributed by atoms with Crippen LogP contribution in [0.2, 0.25) is 0 Å². The third-order valence-electron chi connectivity index (χ3n) is 3.00. The monoisotopic (exact) mass is 229 g/mol. The highest BCUT2D eigenvalue weighted by Gasteiger charge is 2.31. The molecule has 0 radical (unpaired) electrons. The van der Waals surface area contributed by atoms with Gasteiger partial charge in [-0.1, -0.05) is 18.4 Å². The average Bonchev–Trinajstić information content (AvgIpc) is 2.60. The van der Waals surface area contributed by atoms with Gasteiger partial charge in [-0.2, -0.15) is 0 Å². The molecule has 1 heterocycles. The number of hydrogen-bond donors (Lipinski definition) is 1. The number of aromatic nitrogens is 2. The van der Waals surface area contributed by atoms with Crippen molar-refractivity contribution >= 4 is 17.6 Å². The molecule has 0 aliphatic heterocycles. The second-order valence-corrected chi connectivity index (χ2v) is 4.84. The Labute approximate surface area is 94.4 Å². The van der Waals surface area contributed by atoms with E-state index in [0.717, 1.165) is 6.54 Å². The zero-order valence-electron chi connectivity index (χ0n) is 8.92. The average molecular weight is 230 g/mol. The van der Waals surface area contributed by atoms with Gasteiger partial charge in [0.05, 0.1) is 0 Å². The molecule has 1 fully saturated rings. The van der Waals surface area contributed by atoms with E-state index in [1.807, 2.05) is 0 Å². The molecule has 0 spiro atoms. The van der Waals surface area contributed by atoms with E-state index in [0.29, 0.717) is 29.6 Å². The standard InChI is InChI=1S/C10H16ClN3O/c1-10(4-2-5-10)7-12-9-14-13-8(15-9)3-6-11/h2-7H2,1H3,(H,12,14). The van der Waals surface area contributed by atoms with Gasteiger partial charge in [0.2, 0.25) is 5.89 Å². The summed E-state index contributed by atoms with van der Waals surface area (Å²) in [4.78, 5) is 0. The van der Waals surface area contributed by atoms with Crippen LogP contribution in [-0.2, 0) is 6.42 Å². The van der Waals surface area contributed by atoms with Crippen molar-refractivity contribution < 1.29 is 4.42 Å². The van der Waals surface area contributed by atoms with Gasteiger partial charge in [-0.25, -0.2) is 0 Å². The second-order valence-electron chi connectivity index (χ2n) is 4.46. The number of aryl methyl sites for hydroxylation is 1. The highest BCUT2D eigenvalue weighted by atomic mass is 35.5. The maximum Gasteiger partial charge on any atom is 0.315 e. The number of nitrogens with zero attached hydrogens (tertiary/aromatic N) is 2. The van der Waals surface area contributed by atoms with Gasteiger partial charge in [-0.15, -0.1) is 16.7 Å². The number of nitrogens with one attached hydrogen (secondary N) is 1. The fourth-order valence-electron chi connectivity index (χ4n) is 1.75. The van der Waals surface area contributed by atoms with Crippen LogP contribution in [0.25, 0.3) is 0 Å². The fraction of sp³-hybridized carbons (Fsp3) is 0.800. The highest BCUT2D eigenvalue weighted by molar-refractivity contribution is 6.17. The lowest BCUT2D eigenvalue weighted by Gasteiger charge is -2.38. The molecule has 1 aliphatic rings. The van der Waals surface area contributed by atoms with E-state index >= 15 is 0 Å². The van der Waals surface area contributed by atoms with Crippen LogP contribution in [0.1, 0.15) is 32.1 Å². The molecule has 84 valence electrons. The number of halogens is 1. The van der Waals surface area contributed by atoms with Crippen LogP contribution in [0.5, 0.6) is 0 Å². The Bertz CT molecular complexity index is 322.